The second-order valence-electron chi connectivity index (χ2n) is 16.1. The molecule has 16 nitrogen and oxygen atoms in total. The summed E-state index contributed by atoms with van der Waals surface area (Å²) in [7, 11) is -3.95. The summed E-state index contributed by atoms with van der Waals surface area (Å²) < 4.78 is 43.8. The fourth-order valence-electron chi connectivity index (χ4n) is 6.08. The topological polar surface area (TPSA) is 216 Å². The van der Waals surface area contributed by atoms with E-state index in [-0.39, 0.29) is 37.2 Å². The molecule has 2 saturated carbocycles. The molecule has 0 bridgehead atoms. The minimum absolute atomic E-state index is 0.0718. The lowest BCUT2D eigenvalue weighted by molar-refractivity contribution is -0.143. The molecular weight excluding hydrogens is 722 g/mol. The van der Waals surface area contributed by atoms with E-state index >= 15 is 0 Å². The van der Waals surface area contributed by atoms with Gasteiger partial charge < -0.3 is 29.7 Å². The Morgan fingerprint density at radius 2 is 1.70 bits per heavy atom. The summed E-state index contributed by atoms with van der Waals surface area (Å²) in [6.07, 6.45) is 0.708. The van der Waals surface area contributed by atoms with Crippen molar-refractivity contribution < 1.29 is 51.4 Å². The summed E-state index contributed by atoms with van der Waals surface area (Å²) in [5.41, 5.74) is -3.20. The van der Waals surface area contributed by atoms with Crippen molar-refractivity contribution in [1.29, 1.82) is 0 Å². The Kier molecular flexibility index (Phi) is 12.8. The van der Waals surface area contributed by atoms with Gasteiger partial charge in [-0.3, -0.25) is 24.4 Å². The first-order chi connectivity index (χ1) is 25.1. The van der Waals surface area contributed by atoms with Crippen molar-refractivity contribution in [2.75, 3.05) is 18.5 Å². The lowest BCUT2D eigenvalue weighted by Crippen LogP contribution is -2.60. The van der Waals surface area contributed by atoms with E-state index < -0.39 is 91.8 Å². The van der Waals surface area contributed by atoms with Gasteiger partial charge in [0.1, 0.15) is 29.3 Å². The molecule has 17 heteroatoms. The maximum absolute atomic E-state index is 14.4. The van der Waals surface area contributed by atoms with Crippen molar-refractivity contribution >= 4 is 51.6 Å². The van der Waals surface area contributed by atoms with Crippen molar-refractivity contribution in [3.8, 4) is 0 Å². The highest BCUT2D eigenvalue weighted by molar-refractivity contribution is 7.91. The highest BCUT2D eigenvalue weighted by Crippen LogP contribution is 2.45. The largest absolute Gasteiger partial charge is 0.462 e. The number of carbonyl (C=O) groups excluding carboxylic acids is 6. The number of sulfonamides is 1. The van der Waals surface area contributed by atoms with Gasteiger partial charge in [-0.1, -0.05) is 52.3 Å². The van der Waals surface area contributed by atoms with Gasteiger partial charge in [0.05, 0.1) is 29.7 Å². The van der Waals surface area contributed by atoms with Crippen LogP contribution >= 0.6 is 0 Å². The van der Waals surface area contributed by atoms with E-state index in [0.29, 0.717) is 19.3 Å². The van der Waals surface area contributed by atoms with Crippen LogP contribution in [0.1, 0.15) is 97.3 Å². The Morgan fingerprint density at radius 3 is 2.28 bits per heavy atom. The van der Waals surface area contributed by atoms with Crippen LogP contribution in [0.15, 0.2) is 36.9 Å². The number of carbonyl (C=O) groups is 6. The first-order valence-electron chi connectivity index (χ1n) is 18.2. The molecule has 5 atom stereocenters. The third-order valence-corrected chi connectivity index (χ3v) is 11.1. The number of benzene rings is 1. The lowest BCUT2D eigenvalue weighted by Gasteiger charge is -2.36. The normalized spacial score (nSPS) is 22.9. The van der Waals surface area contributed by atoms with Gasteiger partial charge in [0, 0.05) is 12.3 Å². The molecule has 2 aliphatic carbocycles. The van der Waals surface area contributed by atoms with E-state index in [1.807, 2.05) is 6.92 Å². The van der Waals surface area contributed by atoms with Gasteiger partial charge in [-0.2, -0.15) is 0 Å². The number of nitrogens with zero attached hydrogens (tertiary/aromatic N) is 1. The number of unbranched alkanes of at least 4 members (excludes halogenated alkanes) is 1. The van der Waals surface area contributed by atoms with Gasteiger partial charge in [-0.05, 0) is 64.0 Å². The first-order valence-corrected chi connectivity index (χ1v) is 19.7. The quantitative estimate of drug-likeness (QED) is 0.0924. The molecule has 3 fully saturated rings. The summed E-state index contributed by atoms with van der Waals surface area (Å²) in [5, 5.41) is 7.16. The number of rotatable bonds is 14. The average molecular weight is 776 g/mol. The molecule has 1 aromatic rings. The molecule has 2 unspecified atom stereocenters. The van der Waals surface area contributed by atoms with Crippen molar-refractivity contribution in [1.82, 2.24) is 20.3 Å². The number of likely N-dealkylation sites (tertiary alicyclic amines) is 1. The number of ether oxygens (including phenoxy) is 3. The standard InChI is InChI=1S/C37H53N5O11S/c1-9-11-18-51-31(45)25-14-12-13-15-26(25)38-33(47)52-23-19-27(42(21-23)30(44)28(35(3,4)5)39-34(48)53-36(6,7)8)29(43)40-37(20-22(37)10-2)32(46)41-54(49,50)24-16-17-24/h10,12-15,22-24,27-28H,2,9,11,16-21H2,1,3-8H3,(H,38,47)(H,39,48)(H,40,43)(H,41,46)/t22?,23-,27+,28-,37?/m1/s1. The highest BCUT2D eigenvalue weighted by Gasteiger charge is 2.62. The molecule has 0 spiro atoms. The number of alkyl carbamates (subject to hydrolysis) is 1. The smallest absolute Gasteiger partial charge is 0.411 e. The van der Waals surface area contributed by atoms with E-state index in [9.17, 15) is 37.2 Å². The van der Waals surface area contributed by atoms with Gasteiger partial charge in [-0.15, -0.1) is 6.58 Å². The van der Waals surface area contributed by atoms with Crippen LogP contribution < -0.4 is 20.7 Å². The first kappa shape index (κ1) is 42.1. The number of nitrogens with one attached hydrogen (secondary N) is 4. The molecule has 298 valence electrons. The zero-order chi connectivity index (χ0) is 40.2. The summed E-state index contributed by atoms with van der Waals surface area (Å²) in [5.74, 6) is -3.64. The van der Waals surface area contributed by atoms with Crippen LogP contribution in [0.2, 0.25) is 0 Å². The van der Waals surface area contributed by atoms with E-state index in [1.54, 1.807) is 53.7 Å². The van der Waals surface area contributed by atoms with Crippen LogP contribution in [0.3, 0.4) is 0 Å². The number of esters is 1. The monoisotopic (exact) mass is 775 g/mol. The third-order valence-electron chi connectivity index (χ3n) is 9.26. The fourth-order valence-corrected chi connectivity index (χ4v) is 7.45. The van der Waals surface area contributed by atoms with Crippen molar-refractivity contribution in [3.05, 3.63) is 42.5 Å². The SMILES string of the molecule is C=CC1CC1(NC(=O)[C@@H]1C[C@@H](OC(=O)Nc2ccccc2C(=O)OCCCC)CN1C(=O)[C@@H](NC(=O)OC(C)(C)C)C(C)(C)C)C(=O)NS(=O)(=O)C1CC1. The van der Waals surface area contributed by atoms with Gasteiger partial charge in [0.2, 0.25) is 21.8 Å². The second kappa shape index (κ2) is 16.4. The molecule has 4 N–H and O–H groups in total. The van der Waals surface area contributed by atoms with E-state index in [2.05, 4.69) is 27.3 Å². The molecule has 1 heterocycles. The highest BCUT2D eigenvalue weighted by atomic mass is 32.2. The summed E-state index contributed by atoms with van der Waals surface area (Å²) in [4.78, 5) is 81.9. The Balaban J connectivity index is 1.58. The van der Waals surface area contributed by atoms with Crippen LogP contribution in [0.5, 0.6) is 0 Å². The molecule has 3 aliphatic rings. The molecule has 1 saturated heterocycles. The van der Waals surface area contributed by atoms with E-state index in [0.717, 1.165) is 11.3 Å². The molecule has 0 radical (unpaired) electrons. The van der Waals surface area contributed by atoms with E-state index in [1.165, 1.54) is 18.2 Å². The average Bonchev–Trinajstić information content (AvgIpc) is 3.99. The third kappa shape index (κ3) is 10.5. The summed E-state index contributed by atoms with van der Waals surface area (Å²) in [6, 6.07) is 3.66. The predicted molar refractivity (Wildman–Crippen MR) is 198 cm³/mol. The Labute approximate surface area is 316 Å². The second-order valence-corrected chi connectivity index (χ2v) is 18.0. The molecule has 0 aromatic heterocycles. The molecule has 4 rings (SSSR count). The van der Waals surface area contributed by atoms with Crippen LogP contribution in [0, 0.1) is 11.3 Å². The molecule has 1 aromatic carbocycles. The lowest BCUT2D eigenvalue weighted by atomic mass is 9.85. The maximum Gasteiger partial charge on any atom is 0.411 e. The van der Waals surface area contributed by atoms with Gasteiger partial charge in [-0.25, -0.2) is 22.8 Å². The molecular formula is C37H53N5O11S. The maximum atomic E-state index is 14.4. The summed E-state index contributed by atoms with van der Waals surface area (Å²) in [6.45, 7) is 15.7. The number of para-hydroxylation sites is 1. The van der Waals surface area contributed by atoms with E-state index in [4.69, 9.17) is 14.2 Å². The summed E-state index contributed by atoms with van der Waals surface area (Å²) >= 11 is 0. The van der Waals surface area contributed by atoms with Crippen LogP contribution in [0.4, 0.5) is 15.3 Å². The minimum atomic E-state index is -3.95. The Bertz CT molecular complexity index is 1750. The number of hydrogen-bond donors (Lipinski definition) is 4. The zero-order valence-corrected chi connectivity index (χ0v) is 32.8. The number of anilines is 1. The van der Waals surface area contributed by atoms with Gasteiger partial charge in [0.15, 0.2) is 0 Å². The molecule has 54 heavy (non-hydrogen) atoms. The fraction of sp³-hybridized carbons (Fsp3) is 0.622. The predicted octanol–water partition coefficient (Wildman–Crippen LogP) is 3.77. The van der Waals surface area contributed by atoms with Crippen molar-refractivity contribution in [3.63, 3.8) is 0 Å². The number of amides is 5. The Morgan fingerprint density at radius 1 is 1.04 bits per heavy atom. The number of hydrogen-bond acceptors (Lipinski definition) is 11. The Hall–Kier alpha value is -4.67. The van der Waals surface area contributed by atoms with Gasteiger partial charge in [0.25, 0.3) is 5.91 Å². The molecule has 5 amide bonds. The zero-order valence-electron chi connectivity index (χ0n) is 32.0. The minimum Gasteiger partial charge on any atom is -0.462 e. The van der Waals surface area contributed by atoms with Crippen LogP contribution in [0.25, 0.3) is 0 Å². The van der Waals surface area contributed by atoms with Gasteiger partial charge >= 0.3 is 18.2 Å². The van der Waals surface area contributed by atoms with Crippen LogP contribution in [-0.2, 0) is 38.6 Å². The van der Waals surface area contributed by atoms with Crippen molar-refractivity contribution in [2.45, 2.75) is 122 Å². The van der Waals surface area contributed by atoms with Crippen LogP contribution in [-0.4, -0.2) is 96.9 Å². The van der Waals surface area contributed by atoms with Crippen molar-refractivity contribution in [2.24, 2.45) is 11.3 Å². The molecule has 1 aliphatic heterocycles.